The fourth-order valence-corrected chi connectivity index (χ4v) is 3.14. The fourth-order valence-electron chi connectivity index (χ4n) is 3.14. The summed E-state index contributed by atoms with van der Waals surface area (Å²) in [5, 5.41) is 16.0. The monoisotopic (exact) mass is 396 g/mol. The molecule has 29 heavy (non-hydrogen) atoms. The van der Waals surface area contributed by atoms with Crippen molar-refractivity contribution in [1.82, 2.24) is 10.2 Å². The zero-order chi connectivity index (χ0) is 21.0. The molecule has 9 nitrogen and oxygen atoms in total. The number of hydrogen-bond donors (Lipinski definition) is 2. The van der Waals surface area contributed by atoms with Gasteiger partial charge in [-0.3, -0.25) is 24.6 Å². The molecule has 1 atom stereocenters. The van der Waals surface area contributed by atoms with E-state index in [1.165, 1.54) is 24.3 Å². The molecule has 2 N–H and O–H groups in total. The number of rotatable bonds is 7. The van der Waals surface area contributed by atoms with Crippen molar-refractivity contribution in [3.63, 3.8) is 0 Å². The Kier molecular flexibility index (Phi) is 5.58. The fraction of sp³-hybridized carbons (Fsp3) is 0.250. The zero-order valence-electron chi connectivity index (χ0n) is 15.8. The van der Waals surface area contributed by atoms with Crippen LogP contribution in [-0.2, 0) is 16.0 Å². The van der Waals surface area contributed by atoms with Crippen molar-refractivity contribution in [1.29, 1.82) is 0 Å². The van der Waals surface area contributed by atoms with Crippen LogP contribution in [0.5, 0.6) is 0 Å². The van der Waals surface area contributed by atoms with Crippen LogP contribution in [0.25, 0.3) is 0 Å². The lowest BCUT2D eigenvalue weighted by atomic mass is 9.93. The summed E-state index contributed by atoms with van der Waals surface area (Å²) in [7, 11) is 0. The van der Waals surface area contributed by atoms with Crippen LogP contribution in [-0.4, -0.2) is 39.8 Å². The predicted molar refractivity (Wildman–Crippen MR) is 105 cm³/mol. The summed E-state index contributed by atoms with van der Waals surface area (Å²) in [6.45, 7) is 1.16. The molecule has 2 aromatic rings. The molecule has 4 amide bonds. The van der Waals surface area contributed by atoms with E-state index in [-0.39, 0.29) is 11.4 Å². The first-order chi connectivity index (χ1) is 13.8. The van der Waals surface area contributed by atoms with Crippen LogP contribution >= 0.6 is 0 Å². The van der Waals surface area contributed by atoms with Gasteiger partial charge in [-0.15, -0.1) is 0 Å². The van der Waals surface area contributed by atoms with E-state index in [9.17, 15) is 24.5 Å². The number of amides is 4. The lowest BCUT2D eigenvalue weighted by Gasteiger charge is -2.21. The maximum atomic E-state index is 12.8. The highest BCUT2D eigenvalue weighted by Crippen LogP contribution is 2.23. The third-order valence-electron chi connectivity index (χ3n) is 4.74. The minimum atomic E-state index is -1.10. The molecule has 1 heterocycles. The van der Waals surface area contributed by atoms with Gasteiger partial charge in [0, 0.05) is 17.8 Å². The molecular weight excluding hydrogens is 376 g/mol. The van der Waals surface area contributed by atoms with Crippen LogP contribution in [0.2, 0.25) is 0 Å². The molecule has 0 aliphatic carbocycles. The highest BCUT2D eigenvalue weighted by molar-refractivity contribution is 6.09. The number of imide groups is 1. The van der Waals surface area contributed by atoms with Crippen molar-refractivity contribution in [3.05, 3.63) is 70.3 Å². The summed E-state index contributed by atoms with van der Waals surface area (Å²) in [5.74, 6) is -1.10. The smallest absolute Gasteiger partial charge is 0.324 e. The number of nitrogens with one attached hydrogen (secondary N) is 2. The van der Waals surface area contributed by atoms with Crippen LogP contribution in [0.3, 0.4) is 0 Å². The minimum Gasteiger partial charge on any atom is -0.324 e. The second-order valence-corrected chi connectivity index (χ2v) is 6.99. The Labute approximate surface area is 166 Å². The highest BCUT2D eigenvalue weighted by Gasteiger charge is 2.47. The molecular formula is C20H20N4O5. The van der Waals surface area contributed by atoms with Gasteiger partial charge < -0.3 is 10.6 Å². The highest BCUT2D eigenvalue weighted by atomic mass is 16.6. The Morgan fingerprint density at radius 3 is 2.59 bits per heavy atom. The van der Waals surface area contributed by atoms with Gasteiger partial charge in [0.1, 0.15) is 12.1 Å². The Hall–Kier alpha value is -3.75. The summed E-state index contributed by atoms with van der Waals surface area (Å²) in [6, 6.07) is 14.4. The van der Waals surface area contributed by atoms with Gasteiger partial charge in [0.05, 0.1) is 4.92 Å². The standard InChI is InChI=1S/C20H20N4O5/c1-20(11-10-14-6-3-2-4-7-14)18(26)23(19(27)22-20)13-17(25)21-15-8-5-9-16(12-15)24(28)29/h2-9,12H,10-11,13H2,1H3,(H,21,25)(H,22,27)/t20-/m0/s1. The second-order valence-electron chi connectivity index (χ2n) is 6.99. The Bertz CT molecular complexity index is 962. The van der Waals surface area contributed by atoms with E-state index >= 15 is 0 Å². The quantitative estimate of drug-likeness (QED) is 0.423. The minimum absolute atomic E-state index is 0.175. The van der Waals surface area contributed by atoms with Gasteiger partial charge in [0.15, 0.2) is 0 Å². The van der Waals surface area contributed by atoms with E-state index < -0.39 is 34.9 Å². The van der Waals surface area contributed by atoms with Crippen LogP contribution in [0.4, 0.5) is 16.2 Å². The molecule has 0 saturated carbocycles. The molecule has 1 fully saturated rings. The first-order valence-corrected chi connectivity index (χ1v) is 9.01. The lowest BCUT2D eigenvalue weighted by Crippen LogP contribution is -2.45. The topological polar surface area (TPSA) is 122 Å². The maximum Gasteiger partial charge on any atom is 0.325 e. The van der Waals surface area contributed by atoms with Gasteiger partial charge in [-0.25, -0.2) is 4.79 Å². The third kappa shape index (κ3) is 4.57. The van der Waals surface area contributed by atoms with Gasteiger partial charge in [0.2, 0.25) is 5.91 Å². The predicted octanol–water partition coefficient (Wildman–Crippen LogP) is 2.48. The number of aryl methyl sites for hydroxylation is 1. The molecule has 9 heteroatoms. The van der Waals surface area contributed by atoms with Crippen LogP contribution in [0.15, 0.2) is 54.6 Å². The van der Waals surface area contributed by atoms with Gasteiger partial charge >= 0.3 is 6.03 Å². The second kappa shape index (κ2) is 8.09. The Morgan fingerprint density at radius 2 is 1.90 bits per heavy atom. The molecule has 1 aliphatic heterocycles. The SMILES string of the molecule is C[C@@]1(CCc2ccccc2)NC(=O)N(CC(=O)Nc2cccc([N+](=O)[O-])c2)C1=O. The number of carbonyl (C=O) groups excluding carboxylic acids is 3. The van der Waals surface area contributed by atoms with E-state index in [4.69, 9.17) is 0 Å². The largest absolute Gasteiger partial charge is 0.325 e. The number of non-ortho nitro benzene ring substituents is 1. The van der Waals surface area contributed by atoms with Crippen molar-refractivity contribution in [2.24, 2.45) is 0 Å². The van der Waals surface area contributed by atoms with Crippen LogP contribution < -0.4 is 10.6 Å². The van der Waals surface area contributed by atoms with Crippen molar-refractivity contribution in [3.8, 4) is 0 Å². The molecule has 1 saturated heterocycles. The Balaban J connectivity index is 1.62. The van der Waals surface area contributed by atoms with E-state index in [0.29, 0.717) is 12.8 Å². The molecule has 2 aromatic carbocycles. The molecule has 150 valence electrons. The van der Waals surface area contributed by atoms with Crippen molar-refractivity contribution >= 4 is 29.2 Å². The van der Waals surface area contributed by atoms with E-state index in [0.717, 1.165) is 10.5 Å². The Morgan fingerprint density at radius 1 is 1.17 bits per heavy atom. The molecule has 3 rings (SSSR count). The van der Waals surface area contributed by atoms with Gasteiger partial charge in [0.25, 0.3) is 11.6 Å². The van der Waals surface area contributed by atoms with Gasteiger partial charge in [-0.1, -0.05) is 36.4 Å². The summed E-state index contributed by atoms with van der Waals surface area (Å²) >= 11 is 0. The first kappa shape index (κ1) is 20.0. The molecule has 0 unspecified atom stereocenters. The van der Waals surface area contributed by atoms with E-state index in [1.807, 2.05) is 30.3 Å². The number of nitrogens with zero attached hydrogens (tertiary/aromatic N) is 2. The zero-order valence-corrected chi connectivity index (χ0v) is 15.8. The summed E-state index contributed by atoms with van der Waals surface area (Å²) in [4.78, 5) is 48.4. The molecule has 0 bridgehead atoms. The van der Waals surface area contributed by atoms with Crippen molar-refractivity contribution < 1.29 is 19.3 Å². The maximum absolute atomic E-state index is 12.8. The first-order valence-electron chi connectivity index (χ1n) is 9.01. The molecule has 0 aromatic heterocycles. The normalized spacial score (nSPS) is 18.4. The third-order valence-corrected chi connectivity index (χ3v) is 4.74. The average molecular weight is 396 g/mol. The number of nitro groups is 1. The molecule has 0 spiro atoms. The number of carbonyl (C=O) groups is 3. The van der Waals surface area contributed by atoms with Crippen molar-refractivity contribution in [2.45, 2.75) is 25.3 Å². The molecule has 1 aliphatic rings. The summed E-state index contributed by atoms with van der Waals surface area (Å²) < 4.78 is 0. The summed E-state index contributed by atoms with van der Waals surface area (Å²) in [6.07, 6.45) is 0.988. The van der Waals surface area contributed by atoms with Crippen LogP contribution in [0.1, 0.15) is 18.9 Å². The number of nitro benzene ring substituents is 1. The van der Waals surface area contributed by atoms with Gasteiger partial charge in [-0.2, -0.15) is 0 Å². The number of urea groups is 1. The van der Waals surface area contributed by atoms with Gasteiger partial charge in [-0.05, 0) is 31.4 Å². The number of benzene rings is 2. The van der Waals surface area contributed by atoms with E-state index in [1.54, 1.807) is 6.92 Å². The molecule has 0 radical (unpaired) electrons. The van der Waals surface area contributed by atoms with E-state index in [2.05, 4.69) is 10.6 Å². The van der Waals surface area contributed by atoms with Crippen LogP contribution in [0, 0.1) is 10.1 Å². The summed E-state index contributed by atoms with van der Waals surface area (Å²) in [5.41, 5.74) is -0.0225. The lowest BCUT2D eigenvalue weighted by molar-refractivity contribution is -0.384. The number of hydrogen-bond acceptors (Lipinski definition) is 5. The van der Waals surface area contributed by atoms with Crippen molar-refractivity contribution in [2.75, 3.05) is 11.9 Å². The number of anilines is 1. The average Bonchev–Trinajstić information content (AvgIpc) is 2.91.